The number of carbonyl (C=O) groups is 1. The van der Waals surface area contributed by atoms with Crippen molar-refractivity contribution in [3.05, 3.63) is 48.3 Å². The zero-order valence-corrected chi connectivity index (χ0v) is 13.3. The van der Waals surface area contributed by atoms with Crippen LogP contribution in [0.25, 0.3) is 0 Å². The second kappa shape index (κ2) is 8.75. The van der Waals surface area contributed by atoms with Crippen LogP contribution in [0.15, 0.2) is 42.6 Å². The van der Waals surface area contributed by atoms with Gasteiger partial charge in [-0.2, -0.15) is 0 Å². The molecule has 0 aliphatic heterocycles. The third-order valence-corrected chi connectivity index (χ3v) is 3.16. The minimum absolute atomic E-state index is 0.199. The van der Waals surface area contributed by atoms with E-state index in [4.69, 9.17) is 9.47 Å². The van der Waals surface area contributed by atoms with Gasteiger partial charge in [0.1, 0.15) is 11.4 Å². The molecule has 1 heterocycles. The van der Waals surface area contributed by atoms with E-state index in [1.165, 1.54) is 0 Å². The van der Waals surface area contributed by atoms with Gasteiger partial charge in [0.15, 0.2) is 0 Å². The fourth-order valence-corrected chi connectivity index (χ4v) is 2.01. The van der Waals surface area contributed by atoms with Gasteiger partial charge in [-0.25, -0.2) is 0 Å². The average molecular weight is 315 g/mol. The largest absolute Gasteiger partial charge is 0.497 e. The van der Waals surface area contributed by atoms with Crippen LogP contribution in [0.2, 0.25) is 0 Å². The van der Waals surface area contributed by atoms with Gasteiger partial charge in [-0.05, 0) is 30.7 Å². The summed E-state index contributed by atoms with van der Waals surface area (Å²) < 4.78 is 10.1. The Hall–Kier alpha value is -2.60. The number of hydrogen-bond acceptors (Lipinski definition) is 5. The Labute approximate surface area is 135 Å². The lowest BCUT2D eigenvalue weighted by molar-refractivity contribution is 0.0943. The third kappa shape index (κ3) is 5.27. The lowest BCUT2D eigenvalue weighted by atomic mass is 10.2. The first-order valence-corrected chi connectivity index (χ1v) is 7.37. The molecule has 0 fully saturated rings. The van der Waals surface area contributed by atoms with E-state index >= 15 is 0 Å². The van der Waals surface area contributed by atoms with Crippen LogP contribution in [0.5, 0.6) is 5.75 Å². The molecule has 122 valence electrons. The number of rotatable bonds is 8. The van der Waals surface area contributed by atoms with Crippen LogP contribution in [0.1, 0.15) is 16.9 Å². The number of pyridine rings is 1. The van der Waals surface area contributed by atoms with E-state index in [0.29, 0.717) is 18.8 Å². The number of anilines is 2. The minimum atomic E-state index is -0.199. The van der Waals surface area contributed by atoms with E-state index in [9.17, 15) is 4.79 Å². The molecule has 6 heteroatoms. The molecule has 0 saturated heterocycles. The Balaban J connectivity index is 2.00. The molecule has 2 aromatic rings. The number of ether oxygens (including phenoxy) is 2. The number of benzene rings is 1. The van der Waals surface area contributed by atoms with Gasteiger partial charge in [0, 0.05) is 43.9 Å². The average Bonchev–Trinajstić information content (AvgIpc) is 2.59. The maximum absolute atomic E-state index is 12.1. The second-order valence-electron chi connectivity index (χ2n) is 4.89. The van der Waals surface area contributed by atoms with E-state index < -0.39 is 0 Å². The Morgan fingerprint density at radius 2 is 2.00 bits per heavy atom. The number of methoxy groups -OCH3 is 2. The summed E-state index contributed by atoms with van der Waals surface area (Å²) in [5.41, 5.74) is 2.03. The van der Waals surface area contributed by atoms with Crippen molar-refractivity contribution in [3.63, 3.8) is 0 Å². The van der Waals surface area contributed by atoms with E-state index in [1.807, 2.05) is 24.3 Å². The quantitative estimate of drug-likeness (QED) is 0.733. The van der Waals surface area contributed by atoms with E-state index in [-0.39, 0.29) is 5.91 Å². The number of aromatic nitrogens is 1. The first-order chi connectivity index (χ1) is 11.2. The van der Waals surface area contributed by atoms with Crippen LogP contribution in [-0.2, 0) is 4.74 Å². The molecule has 0 spiro atoms. The van der Waals surface area contributed by atoms with Gasteiger partial charge >= 0.3 is 0 Å². The van der Waals surface area contributed by atoms with Gasteiger partial charge in [-0.3, -0.25) is 9.78 Å². The highest BCUT2D eigenvalue weighted by molar-refractivity contribution is 5.93. The van der Waals surface area contributed by atoms with Crippen LogP contribution in [0.3, 0.4) is 0 Å². The zero-order valence-electron chi connectivity index (χ0n) is 13.3. The van der Waals surface area contributed by atoms with Gasteiger partial charge in [0.25, 0.3) is 5.91 Å². The van der Waals surface area contributed by atoms with Crippen molar-refractivity contribution in [2.75, 3.05) is 32.7 Å². The molecule has 0 atom stereocenters. The van der Waals surface area contributed by atoms with Crippen molar-refractivity contribution in [1.82, 2.24) is 10.3 Å². The molecule has 23 heavy (non-hydrogen) atoms. The molecule has 0 radical (unpaired) electrons. The Kier molecular flexibility index (Phi) is 6.38. The van der Waals surface area contributed by atoms with Crippen LogP contribution in [-0.4, -0.2) is 38.3 Å². The van der Waals surface area contributed by atoms with E-state index in [0.717, 1.165) is 23.5 Å². The van der Waals surface area contributed by atoms with Crippen molar-refractivity contribution < 1.29 is 14.3 Å². The topological polar surface area (TPSA) is 72.5 Å². The number of carbonyl (C=O) groups excluding carboxylic acids is 1. The SMILES string of the molecule is COCCCNC(=O)c1cc(Nc2cccc(OC)c2)ccn1. The normalized spacial score (nSPS) is 10.2. The van der Waals surface area contributed by atoms with Crippen LogP contribution >= 0.6 is 0 Å². The molecule has 6 nitrogen and oxygen atoms in total. The predicted octanol–water partition coefficient (Wildman–Crippen LogP) is 2.60. The van der Waals surface area contributed by atoms with Crippen LogP contribution in [0.4, 0.5) is 11.4 Å². The Morgan fingerprint density at radius 1 is 1.17 bits per heavy atom. The predicted molar refractivity (Wildman–Crippen MR) is 89.3 cm³/mol. The summed E-state index contributed by atoms with van der Waals surface area (Å²) >= 11 is 0. The summed E-state index contributed by atoms with van der Waals surface area (Å²) in [5.74, 6) is 0.565. The van der Waals surface area contributed by atoms with Crippen molar-refractivity contribution in [2.45, 2.75) is 6.42 Å². The van der Waals surface area contributed by atoms with Gasteiger partial charge < -0.3 is 20.1 Å². The summed E-state index contributed by atoms with van der Waals surface area (Å²) in [6.07, 6.45) is 2.37. The maximum atomic E-state index is 12.1. The van der Waals surface area contributed by atoms with E-state index in [1.54, 1.807) is 32.5 Å². The first kappa shape index (κ1) is 16.8. The third-order valence-electron chi connectivity index (χ3n) is 3.16. The minimum Gasteiger partial charge on any atom is -0.497 e. The highest BCUT2D eigenvalue weighted by Gasteiger charge is 2.07. The van der Waals surface area contributed by atoms with Gasteiger partial charge in [0.2, 0.25) is 0 Å². The summed E-state index contributed by atoms with van der Waals surface area (Å²) in [4.78, 5) is 16.2. The lowest BCUT2D eigenvalue weighted by Crippen LogP contribution is -2.26. The number of nitrogens with one attached hydrogen (secondary N) is 2. The van der Waals surface area contributed by atoms with Crippen molar-refractivity contribution in [1.29, 1.82) is 0 Å². The number of nitrogens with zero attached hydrogens (tertiary/aromatic N) is 1. The van der Waals surface area contributed by atoms with Gasteiger partial charge in [-0.15, -0.1) is 0 Å². The highest BCUT2D eigenvalue weighted by Crippen LogP contribution is 2.21. The zero-order chi connectivity index (χ0) is 16.5. The van der Waals surface area contributed by atoms with Gasteiger partial charge in [-0.1, -0.05) is 6.07 Å². The van der Waals surface area contributed by atoms with Crippen LogP contribution in [0, 0.1) is 0 Å². The molecule has 1 aromatic heterocycles. The summed E-state index contributed by atoms with van der Waals surface area (Å²) in [6.45, 7) is 1.17. The fraction of sp³-hybridized carbons (Fsp3) is 0.294. The molecule has 1 aromatic carbocycles. The van der Waals surface area contributed by atoms with Gasteiger partial charge in [0.05, 0.1) is 7.11 Å². The molecule has 0 aliphatic rings. The van der Waals surface area contributed by atoms with Crippen molar-refractivity contribution in [3.8, 4) is 5.75 Å². The summed E-state index contributed by atoms with van der Waals surface area (Å²) in [7, 11) is 3.26. The van der Waals surface area contributed by atoms with E-state index in [2.05, 4.69) is 15.6 Å². The number of amides is 1. The molecule has 0 unspecified atom stereocenters. The molecular weight excluding hydrogens is 294 g/mol. The van der Waals surface area contributed by atoms with Crippen LogP contribution < -0.4 is 15.4 Å². The maximum Gasteiger partial charge on any atom is 0.269 e. The molecule has 0 saturated carbocycles. The number of hydrogen-bond donors (Lipinski definition) is 2. The first-order valence-electron chi connectivity index (χ1n) is 7.37. The lowest BCUT2D eigenvalue weighted by Gasteiger charge is -2.09. The summed E-state index contributed by atoms with van der Waals surface area (Å²) in [5, 5.41) is 6.04. The fourth-order valence-electron chi connectivity index (χ4n) is 2.01. The van der Waals surface area contributed by atoms with Crippen molar-refractivity contribution >= 4 is 17.3 Å². The van der Waals surface area contributed by atoms with Crippen molar-refractivity contribution in [2.24, 2.45) is 0 Å². The molecular formula is C17H21N3O3. The standard InChI is InChI=1S/C17H21N3O3/c1-22-10-4-8-19-17(21)16-12-14(7-9-18-16)20-13-5-3-6-15(11-13)23-2/h3,5-7,9,11-12H,4,8,10H2,1-2H3,(H,18,20)(H,19,21). The smallest absolute Gasteiger partial charge is 0.269 e. The molecule has 2 rings (SSSR count). The molecule has 1 amide bonds. The monoisotopic (exact) mass is 315 g/mol. The Morgan fingerprint density at radius 3 is 2.78 bits per heavy atom. The molecule has 0 bridgehead atoms. The Bertz CT molecular complexity index is 646. The summed E-state index contributed by atoms with van der Waals surface area (Å²) in [6, 6.07) is 11.1. The highest BCUT2D eigenvalue weighted by atomic mass is 16.5. The molecule has 0 aliphatic carbocycles. The second-order valence-corrected chi connectivity index (χ2v) is 4.89. The molecule has 2 N–H and O–H groups in total.